The number of para-hydroxylation sites is 1. The Morgan fingerprint density at radius 1 is 1.25 bits per heavy atom. The second-order valence-corrected chi connectivity index (χ2v) is 6.85. The second kappa shape index (κ2) is 8.30. The van der Waals surface area contributed by atoms with E-state index in [1.165, 1.54) is 18.2 Å². The summed E-state index contributed by atoms with van der Waals surface area (Å²) in [5.41, 5.74) is 3.59. The number of hydrogen-bond acceptors (Lipinski definition) is 5. The summed E-state index contributed by atoms with van der Waals surface area (Å²) in [4.78, 5) is 35.7. The molecule has 0 atom stereocenters. The predicted octanol–water partition coefficient (Wildman–Crippen LogP) is 2.22. The van der Waals surface area contributed by atoms with Crippen molar-refractivity contribution in [3.8, 4) is 11.5 Å². The van der Waals surface area contributed by atoms with Gasteiger partial charge < -0.3 is 14.6 Å². The molecule has 3 rings (SSSR count). The molecule has 2 amide bonds. The van der Waals surface area contributed by atoms with E-state index in [0.29, 0.717) is 20.6 Å². The molecule has 8 nitrogen and oxygen atoms in total. The van der Waals surface area contributed by atoms with Crippen LogP contribution in [0.4, 0.5) is 5.69 Å². The van der Waals surface area contributed by atoms with Crippen molar-refractivity contribution >= 4 is 52.1 Å². The molecule has 0 aromatic heterocycles. The van der Waals surface area contributed by atoms with Gasteiger partial charge in [0, 0.05) is 0 Å². The average molecular weight is 494 g/mol. The molecule has 0 spiro atoms. The van der Waals surface area contributed by atoms with E-state index < -0.39 is 24.4 Å². The zero-order valence-electron chi connectivity index (χ0n) is 14.6. The second-order valence-electron chi connectivity index (χ2n) is 5.69. The number of nitrogens with one attached hydrogen (secondary N) is 1. The van der Waals surface area contributed by atoms with Crippen molar-refractivity contribution in [2.45, 2.75) is 0 Å². The lowest BCUT2D eigenvalue weighted by atomic mass is 10.1. The van der Waals surface area contributed by atoms with Gasteiger partial charge in [-0.15, -0.1) is 0 Å². The van der Waals surface area contributed by atoms with Crippen LogP contribution in [0.3, 0.4) is 0 Å². The minimum atomic E-state index is -1.11. The summed E-state index contributed by atoms with van der Waals surface area (Å²) in [5.74, 6) is -1.53. The standard InChI is InChI=1S/C19H15IN2O6/c1-27-15-9-11(8-14(20)17(15)28-10-16(23)24)7-13-18(25)21-22(19(13)26)12-5-3-2-4-6-12/h2-9H,10H2,1H3,(H,21,25)(H,23,24). The maximum Gasteiger partial charge on any atom is 0.341 e. The number of amides is 2. The lowest BCUT2D eigenvalue weighted by Crippen LogP contribution is -2.35. The number of carbonyl (C=O) groups is 3. The SMILES string of the molecule is COc1cc(C=C2C(=O)NN(c3ccccc3)C2=O)cc(I)c1OCC(=O)O. The van der Waals surface area contributed by atoms with Crippen LogP contribution in [0.2, 0.25) is 0 Å². The van der Waals surface area contributed by atoms with Gasteiger partial charge in [-0.05, 0) is 58.5 Å². The highest BCUT2D eigenvalue weighted by molar-refractivity contribution is 14.1. The quantitative estimate of drug-likeness (QED) is 0.363. The number of halogens is 1. The van der Waals surface area contributed by atoms with E-state index in [2.05, 4.69) is 5.43 Å². The van der Waals surface area contributed by atoms with Crippen molar-refractivity contribution < 1.29 is 29.0 Å². The lowest BCUT2D eigenvalue weighted by Gasteiger charge is -2.14. The van der Waals surface area contributed by atoms with Gasteiger partial charge in [0.1, 0.15) is 5.57 Å². The van der Waals surface area contributed by atoms with Crippen molar-refractivity contribution in [3.63, 3.8) is 0 Å². The van der Waals surface area contributed by atoms with Gasteiger partial charge in [0.05, 0.1) is 16.4 Å². The number of hydrogen-bond donors (Lipinski definition) is 2. The van der Waals surface area contributed by atoms with Gasteiger partial charge in [0.2, 0.25) is 0 Å². The Labute approximate surface area is 173 Å². The van der Waals surface area contributed by atoms with Gasteiger partial charge in [-0.1, -0.05) is 18.2 Å². The summed E-state index contributed by atoms with van der Waals surface area (Å²) < 4.78 is 11.1. The van der Waals surface area contributed by atoms with Crippen molar-refractivity contribution in [3.05, 3.63) is 57.2 Å². The van der Waals surface area contributed by atoms with Gasteiger partial charge >= 0.3 is 5.97 Å². The molecule has 0 radical (unpaired) electrons. The van der Waals surface area contributed by atoms with Gasteiger partial charge in [0.25, 0.3) is 11.8 Å². The number of hydrazine groups is 1. The van der Waals surface area contributed by atoms with Gasteiger partial charge in [0.15, 0.2) is 18.1 Å². The molecule has 1 heterocycles. The van der Waals surface area contributed by atoms with Crippen LogP contribution < -0.4 is 19.9 Å². The van der Waals surface area contributed by atoms with E-state index in [-0.39, 0.29) is 11.3 Å². The number of carboxylic acid groups (broad SMARTS) is 1. The molecule has 0 bridgehead atoms. The highest BCUT2D eigenvalue weighted by Crippen LogP contribution is 2.35. The lowest BCUT2D eigenvalue weighted by molar-refractivity contribution is -0.139. The van der Waals surface area contributed by atoms with Gasteiger partial charge in [-0.3, -0.25) is 15.0 Å². The monoisotopic (exact) mass is 494 g/mol. The van der Waals surface area contributed by atoms with E-state index in [4.69, 9.17) is 14.6 Å². The molecular formula is C19H15IN2O6. The molecular weight excluding hydrogens is 479 g/mol. The number of methoxy groups -OCH3 is 1. The van der Waals surface area contributed by atoms with Crippen LogP contribution in [0.1, 0.15) is 5.56 Å². The van der Waals surface area contributed by atoms with Crippen LogP contribution in [0.15, 0.2) is 48.0 Å². The average Bonchev–Trinajstić information content (AvgIpc) is 2.95. The van der Waals surface area contributed by atoms with Crippen LogP contribution in [-0.2, 0) is 14.4 Å². The molecule has 1 fully saturated rings. The molecule has 0 aliphatic carbocycles. The molecule has 2 N–H and O–H groups in total. The fourth-order valence-electron chi connectivity index (χ4n) is 2.58. The first-order chi connectivity index (χ1) is 13.4. The molecule has 1 aliphatic heterocycles. The van der Waals surface area contributed by atoms with Gasteiger partial charge in [-0.25, -0.2) is 9.80 Å². The largest absolute Gasteiger partial charge is 0.493 e. The first-order valence-electron chi connectivity index (χ1n) is 8.05. The zero-order valence-corrected chi connectivity index (χ0v) is 16.8. The number of benzene rings is 2. The predicted molar refractivity (Wildman–Crippen MR) is 109 cm³/mol. The molecule has 144 valence electrons. The molecule has 2 aromatic carbocycles. The number of rotatable bonds is 6. The Balaban J connectivity index is 1.92. The van der Waals surface area contributed by atoms with Crippen molar-refractivity contribution in [2.75, 3.05) is 18.7 Å². The summed E-state index contributed by atoms with van der Waals surface area (Å²) in [5, 5.41) is 9.97. The van der Waals surface area contributed by atoms with E-state index in [1.807, 2.05) is 28.7 Å². The van der Waals surface area contributed by atoms with Crippen LogP contribution in [0.25, 0.3) is 6.08 Å². The van der Waals surface area contributed by atoms with Crippen LogP contribution in [0, 0.1) is 3.57 Å². The zero-order chi connectivity index (χ0) is 20.3. The number of carbonyl (C=O) groups excluding carboxylic acids is 2. The molecule has 1 aliphatic rings. The summed E-state index contributed by atoms with van der Waals surface area (Å²) in [6.07, 6.45) is 1.45. The third-order valence-corrected chi connectivity index (χ3v) is 4.61. The maximum absolute atomic E-state index is 12.7. The maximum atomic E-state index is 12.7. The smallest absolute Gasteiger partial charge is 0.341 e. The Hall–Kier alpha value is -3.08. The van der Waals surface area contributed by atoms with Crippen LogP contribution in [-0.4, -0.2) is 36.6 Å². The minimum absolute atomic E-state index is 0.0269. The normalized spacial score (nSPS) is 14.9. The van der Waals surface area contributed by atoms with E-state index >= 15 is 0 Å². The number of carboxylic acids is 1. The van der Waals surface area contributed by atoms with Gasteiger partial charge in [-0.2, -0.15) is 0 Å². The summed E-state index contributed by atoms with van der Waals surface area (Å²) in [6, 6.07) is 12.0. The fourth-order valence-corrected chi connectivity index (χ4v) is 3.36. The number of anilines is 1. The molecule has 2 aromatic rings. The fraction of sp³-hybridized carbons (Fsp3) is 0.105. The van der Waals surface area contributed by atoms with E-state index in [9.17, 15) is 14.4 Å². The molecule has 1 saturated heterocycles. The Kier molecular flexibility index (Phi) is 5.83. The molecule has 0 unspecified atom stereocenters. The highest BCUT2D eigenvalue weighted by Gasteiger charge is 2.34. The molecule has 0 saturated carbocycles. The summed E-state index contributed by atoms with van der Waals surface area (Å²) >= 11 is 1.97. The molecule has 9 heteroatoms. The Bertz CT molecular complexity index is 974. The van der Waals surface area contributed by atoms with Crippen molar-refractivity contribution in [1.82, 2.24) is 5.43 Å². The third kappa shape index (κ3) is 4.09. The summed E-state index contributed by atoms with van der Waals surface area (Å²) in [7, 11) is 1.42. The van der Waals surface area contributed by atoms with E-state index in [0.717, 1.165) is 0 Å². The number of aliphatic carboxylic acids is 1. The van der Waals surface area contributed by atoms with Crippen LogP contribution >= 0.6 is 22.6 Å². The Morgan fingerprint density at radius 2 is 1.96 bits per heavy atom. The van der Waals surface area contributed by atoms with Crippen molar-refractivity contribution in [1.29, 1.82) is 0 Å². The van der Waals surface area contributed by atoms with Crippen LogP contribution in [0.5, 0.6) is 11.5 Å². The number of ether oxygens (including phenoxy) is 2. The first kappa shape index (κ1) is 19.7. The first-order valence-corrected chi connectivity index (χ1v) is 9.13. The third-order valence-electron chi connectivity index (χ3n) is 3.81. The summed E-state index contributed by atoms with van der Waals surface area (Å²) in [6.45, 7) is -0.514. The van der Waals surface area contributed by atoms with E-state index in [1.54, 1.807) is 36.4 Å². The highest BCUT2D eigenvalue weighted by atomic mass is 127. The van der Waals surface area contributed by atoms with Crippen molar-refractivity contribution in [2.24, 2.45) is 0 Å². The minimum Gasteiger partial charge on any atom is -0.493 e. The number of nitrogens with zero attached hydrogens (tertiary/aromatic N) is 1. The molecule has 28 heavy (non-hydrogen) atoms. The topological polar surface area (TPSA) is 105 Å². The Morgan fingerprint density at radius 3 is 2.61 bits per heavy atom.